The number of nitrogens with one attached hydrogen (secondary N) is 1. The molecule has 1 aromatic rings. The largest absolute Gasteiger partial charge is 0.467 e. The number of nitrogens with zero attached hydrogens (tertiary/aromatic N) is 3. The monoisotopic (exact) mass is 241 g/mol. The van der Waals surface area contributed by atoms with Gasteiger partial charge in [-0.1, -0.05) is 13.3 Å². The van der Waals surface area contributed by atoms with E-state index >= 15 is 0 Å². The number of hydrogen-bond donors (Lipinski definition) is 3. The van der Waals surface area contributed by atoms with E-state index in [9.17, 15) is 0 Å². The van der Waals surface area contributed by atoms with Crippen LogP contribution in [0.3, 0.4) is 0 Å². The Hall–Kier alpha value is -1.63. The molecule has 0 saturated carbocycles. The predicted molar refractivity (Wildman–Crippen MR) is 64.8 cm³/mol. The van der Waals surface area contributed by atoms with Crippen LogP contribution >= 0.6 is 0 Å². The van der Waals surface area contributed by atoms with Crippen molar-refractivity contribution in [1.82, 2.24) is 15.0 Å². The van der Waals surface area contributed by atoms with Crippen molar-refractivity contribution in [2.75, 3.05) is 31.3 Å². The van der Waals surface area contributed by atoms with Gasteiger partial charge in [-0.05, 0) is 12.3 Å². The van der Waals surface area contributed by atoms with Gasteiger partial charge in [0, 0.05) is 13.2 Å². The van der Waals surface area contributed by atoms with Gasteiger partial charge in [0.25, 0.3) is 0 Å². The molecule has 0 spiro atoms. The predicted octanol–water partition coefficient (Wildman–Crippen LogP) is 0.283. The van der Waals surface area contributed by atoms with Crippen molar-refractivity contribution >= 4 is 11.9 Å². The van der Waals surface area contributed by atoms with Crippen LogP contribution in [-0.2, 0) is 0 Å². The number of methoxy groups -OCH3 is 1. The van der Waals surface area contributed by atoms with Gasteiger partial charge in [0.05, 0.1) is 7.11 Å². The standard InChI is InChI=1S/C10H19N5O2/c1-3-7(4-5-16)6-12-9-13-8(11)14-10(15-9)17-2/h7,16H,3-6H2,1-2H3,(H3,11,12,13,14,15). The second kappa shape index (κ2) is 6.85. The fourth-order valence-corrected chi connectivity index (χ4v) is 1.41. The average molecular weight is 241 g/mol. The van der Waals surface area contributed by atoms with Gasteiger partial charge >= 0.3 is 6.01 Å². The smallest absolute Gasteiger partial charge is 0.322 e. The van der Waals surface area contributed by atoms with Crippen molar-refractivity contribution < 1.29 is 9.84 Å². The van der Waals surface area contributed by atoms with E-state index in [0.29, 0.717) is 18.4 Å². The quantitative estimate of drug-likeness (QED) is 0.629. The SMILES string of the molecule is CCC(CCO)CNc1nc(N)nc(OC)n1. The van der Waals surface area contributed by atoms with E-state index < -0.39 is 0 Å². The van der Waals surface area contributed by atoms with Gasteiger partial charge in [-0.3, -0.25) is 0 Å². The van der Waals surface area contributed by atoms with Crippen molar-refractivity contribution in [2.45, 2.75) is 19.8 Å². The summed E-state index contributed by atoms with van der Waals surface area (Å²) in [5.74, 6) is 0.893. The molecule has 0 aliphatic heterocycles. The zero-order chi connectivity index (χ0) is 12.7. The zero-order valence-electron chi connectivity index (χ0n) is 10.2. The zero-order valence-corrected chi connectivity index (χ0v) is 10.2. The molecule has 0 radical (unpaired) electrons. The highest BCUT2D eigenvalue weighted by Crippen LogP contribution is 2.11. The van der Waals surface area contributed by atoms with Gasteiger partial charge in [-0.2, -0.15) is 15.0 Å². The lowest BCUT2D eigenvalue weighted by Crippen LogP contribution is -2.17. The van der Waals surface area contributed by atoms with E-state index in [1.807, 2.05) is 0 Å². The Labute approximate surface area is 100 Å². The van der Waals surface area contributed by atoms with Crippen molar-refractivity contribution in [3.8, 4) is 6.01 Å². The van der Waals surface area contributed by atoms with E-state index in [0.717, 1.165) is 12.8 Å². The van der Waals surface area contributed by atoms with Crippen LogP contribution in [0.2, 0.25) is 0 Å². The molecule has 17 heavy (non-hydrogen) atoms. The molecule has 0 amide bonds. The van der Waals surface area contributed by atoms with Gasteiger partial charge < -0.3 is 20.9 Å². The minimum atomic E-state index is 0.120. The number of nitrogens with two attached hydrogens (primary N) is 1. The summed E-state index contributed by atoms with van der Waals surface area (Å²) < 4.78 is 4.89. The normalized spacial score (nSPS) is 12.2. The van der Waals surface area contributed by atoms with Crippen molar-refractivity contribution in [3.05, 3.63) is 0 Å². The number of hydrogen-bond acceptors (Lipinski definition) is 7. The summed E-state index contributed by atoms with van der Waals surface area (Å²) in [7, 11) is 1.47. The first-order valence-electron chi connectivity index (χ1n) is 5.59. The van der Waals surface area contributed by atoms with E-state index in [4.69, 9.17) is 15.6 Å². The van der Waals surface area contributed by atoms with E-state index in [2.05, 4.69) is 27.2 Å². The molecule has 96 valence electrons. The summed E-state index contributed by atoms with van der Waals surface area (Å²) in [5.41, 5.74) is 5.51. The van der Waals surface area contributed by atoms with Gasteiger partial charge in [0.2, 0.25) is 11.9 Å². The molecule has 0 bridgehead atoms. The maximum atomic E-state index is 8.88. The van der Waals surface area contributed by atoms with Crippen molar-refractivity contribution in [3.63, 3.8) is 0 Å². The fourth-order valence-electron chi connectivity index (χ4n) is 1.41. The molecule has 0 aliphatic rings. The topological polar surface area (TPSA) is 106 Å². The molecule has 4 N–H and O–H groups in total. The number of anilines is 2. The second-order valence-electron chi connectivity index (χ2n) is 3.67. The Balaban J connectivity index is 2.58. The molecule has 0 fully saturated rings. The average Bonchev–Trinajstić information content (AvgIpc) is 2.33. The van der Waals surface area contributed by atoms with Crippen molar-refractivity contribution in [1.29, 1.82) is 0 Å². The summed E-state index contributed by atoms with van der Waals surface area (Å²) in [5, 5.41) is 11.9. The number of rotatable bonds is 7. The minimum absolute atomic E-state index is 0.120. The lowest BCUT2D eigenvalue weighted by molar-refractivity contribution is 0.258. The highest BCUT2D eigenvalue weighted by molar-refractivity contribution is 5.32. The summed E-state index contributed by atoms with van der Waals surface area (Å²) in [6.45, 7) is 2.94. The molecule has 0 saturated heterocycles. The van der Waals surface area contributed by atoms with Gasteiger partial charge in [0.1, 0.15) is 0 Å². The molecular weight excluding hydrogens is 222 g/mol. The maximum absolute atomic E-state index is 8.88. The maximum Gasteiger partial charge on any atom is 0.322 e. The second-order valence-corrected chi connectivity index (χ2v) is 3.67. The van der Waals surface area contributed by atoms with E-state index in [1.165, 1.54) is 7.11 Å². The molecule has 0 aromatic carbocycles. The van der Waals surface area contributed by atoms with E-state index in [-0.39, 0.29) is 18.6 Å². The summed E-state index contributed by atoms with van der Waals surface area (Å²) in [6.07, 6.45) is 1.73. The van der Waals surface area contributed by atoms with Gasteiger partial charge in [-0.25, -0.2) is 0 Å². The Kier molecular flexibility index (Phi) is 5.41. The van der Waals surface area contributed by atoms with Crippen LogP contribution in [0.1, 0.15) is 19.8 Å². The van der Waals surface area contributed by atoms with Crippen molar-refractivity contribution in [2.24, 2.45) is 5.92 Å². The number of ether oxygens (including phenoxy) is 1. The van der Waals surface area contributed by atoms with Crippen LogP contribution < -0.4 is 15.8 Å². The first-order valence-corrected chi connectivity index (χ1v) is 5.59. The van der Waals surface area contributed by atoms with Gasteiger partial charge in [0.15, 0.2) is 0 Å². The summed E-state index contributed by atoms with van der Waals surface area (Å²) in [4.78, 5) is 11.8. The first kappa shape index (κ1) is 13.4. The summed E-state index contributed by atoms with van der Waals surface area (Å²) >= 11 is 0. The Morgan fingerprint density at radius 1 is 1.41 bits per heavy atom. The molecule has 1 unspecified atom stereocenters. The third-order valence-corrected chi connectivity index (χ3v) is 2.48. The van der Waals surface area contributed by atoms with Gasteiger partial charge in [-0.15, -0.1) is 0 Å². The molecule has 7 nitrogen and oxygen atoms in total. The third-order valence-electron chi connectivity index (χ3n) is 2.48. The molecule has 1 atom stereocenters. The Morgan fingerprint density at radius 2 is 2.18 bits per heavy atom. The van der Waals surface area contributed by atoms with Crippen LogP contribution in [-0.4, -0.2) is 40.3 Å². The lowest BCUT2D eigenvalue weighted by atomic mass is 10.0. The fraction of sp³-hybridized carbons (Fsp3) is 0.700. The molecule has 7 heteroatoms. The Morgan fingerprint density at radius 3 is 2.76 bits per heavy atom. The number of nitrogen functional groups attached to an aromatic ring is 1. The molecular formula is C10H19N5O2. The van der Waals surface area contributed by atoms with Crippen LogP contribution in [0.15, 0.2) is 0 Å². The molecule has 0 aliphatic carbocycles. The summed E-state index contributed by atoms with van der Waals surface area (Å²) in [6, 6.07) is 0.190. The Bertz CT molecular complexity index is 347. The van der Waals surface area contributed by atoms with E-state index in [1.54, 1.807) is 0 Å². The van der Waals surface area contributed by atoms with Crippen LogP contribution in [0.5, 0.6) is 6.01 Å². The van der Waals surface area contributed by atoms with Crippen LogP contribution in [0.25, 0.3) is 0 Å². The molecule has 1 rings (SSSR count). The third kappa shape index (κ3) is 4.39. The highest BCUT2D eigenvalue weighted by Gasteiger charge is 2.08. The number of aliphatic hydroxyl groups excluding tert-OH is 1. The van der Waals surface area contributed by atoms with Crippen LogP contribution in [0.4, 0.5) is 11.9 Å². The molecule has 1 aromatic heterocycles. The number of aromatic nitrogens is 3. The lowest BCUT2D eigenvalue weighted by Gasteiger charge is -2.14. The first-order chi connectivity index (χ1) is 8.19. The number of aliphatic hydroxyl groups is 1. The highest BCUT2D eigenvalue weighted by atomic mass is 16.5. The van der Waals surface area contributed by atoms with Crippen LogP contribution in [0, 0.1) is 5.92 Å². The minimum Gasteiger partial charge on any atom is -0.467 e. The molecule has 1 heterocycles.